The van der Waals surface area contributed by atoms with Gasteiger partial charge >= 0.3 is 5.97 Å². The fourth-order valence-corrected chi connectivity index (χ4v) is 4.44. The van der Waals surface area contributed by atoms with E-state index >= 15 is 0 Å². The van der Waals surface area contributed by atoms with Crippen LogP contribution in [-0.4, -0.2) is 21.3 Å². The molecule has 126 valence electrons. The van der Waals surface area contributed by atoms with Crippen LogP contribution in [0.25, 0.3) is 0 Å². The minimum Gasteiger partial charge on any atom is -0.508 e. The van der Waals surface area contributed by atoms with E-state index < -0.39 is 5.97 Å². The molecule has 0 heterocycles. The lowest BCUT2D eigenvalue weighted by Gasteiger charge is -2.28. The molecular weight excluding hydrogens is 292 g/mol. The molecule has 2 aliphatic rings. The van der Waals surface area contributed by atoms with Crippen LogP contribution in [0.5, 0.6) is 11.5 Å². The average Bonchev–Trinajstić information content (AvgIpc) is 2.57. The van der Waals surface area contributed by atoms with Gasteiger partial charge in [-0.3, -0.25) is 0 Å². The molecule has 0 bridgehead atoms. The molecule has 2 saturated carbocycles. The molecule has 0 amide bonds. The Balaban J connectivity index is 2.06. The zero-order valence-electron chi connectivity index (χ0n) is 13.6. The van der Waals surface area contributed by atoms with Crippen LogP contribution >= 0.6 is 0 Å². The van der Waals surface area contributed by atoms with Crippen molar-refractivity contribution in [1.29, 1.82) is 0 Å². The highest BCUT2D eigenvalue weighted by molar-refractivity contribution is 5.94. The third-order valence-electron chi connectivity index (χ3n) is 5.62. The number of carboxylic acids is 1. The van der Waals surface area contributed by atoms with Crippen LogP contribution in [0, 0.1) is 0 Å². The maximum absolute atomic E-state index is 11.8. The van der Waals surface area contributed by atoms with E-state index in [1.54, 1.807) is 6.07 Å². The first kappa shape index (κ1) is 16.2. The third-order valence-corrected chi connectivity index (χ3v) is 5.62. The Bertz CT molecular complexity index is 582. The first-order valence-corrected chi connectivity index (χ1v) is 8.91. The van der Waals surface area contributed by atoms with Crippen molar-refractivity contribution in [2.24, 2.45) is 0 Å². The second-order valence-electron chi connectivity index (χ2n) is 7.10. The summed E-state index contributed by atoms with van der Waals surface area (Å²) in [6.45, 7) is 0. The quantitative estimate of drug-likeness (QED) is 0.693. The van der Waals surface area contributed by atoms with E-state index in [4.69, 9.17) is 0 Å². The van der Waals surface area contributed by atoms with Crippen molar-refractivity contribution in [3.8, 4) is 11.5 Å². The zero-order chi connectivity index (χ0) is 16.4. The number of aromatic carboxylic acids is 1. The molecule has 0 atom stereocenters. The Morgan fingerprint density at radius 3 is 1.91 bits per heavy atom. The molecule has 3 N–H and O–H groups in total. The van der Waals surface area contributed by atoms with Crippen molar-refractivity contribution in [3.05, 3.63) is 22.8 Å². The van der Waals surface area contributed by atoms with Gasteiger partial charge in [0.25, 0.3) is 0 Å². The van der Waals surface area contributed by atoms with Crippen molar-refractivity contribution in [1.82, 2.24) is 0 Å². The van der Waals surface area contributed by atoms with Gasteiger partial charge in [0.2, 0.25) is 0 Å². The molecule has 4 heteroatoms. The number of hydrogen-bond donors (Lipinski definition) is 3. The predicted octanol–water partition coefficient (Wildman–Crippen LogP) is 4.89. The van der Waals surface area contributed by atoms with Gasteiger partial charge in [0, 0.05) is 11.1 Å². The minimum atomic E-state index is -1.13. The highest BCUT2D eigenvalue weighted by Gasteiger charge is 2.31. The van der Waals surface area contributed by atoms with Gasteiger partial charge in [-0.25, -0.2) is 4.79 Å². The smallest absolute Gasteiger partial charge is 0.339 e. The molecule has 2 fully saturated rings. The van der Waals surface area contributed by atoms with Crippen molar-refractivity contribution >= 4 is 5.97 Å². The van der Waals surface area contributed by atoms with Crippen LogP contribution in [0.2, 0.25) is 0 Å². The molecule has 0 spiro atoms. The first-order chi connectivity index (χ1) is 11.1. The van der Waals surface area contributed by atoms with E-state index in [0.29, 0.717) is 11.1 Å². The summed E-state index contributed by atoms with van der Waals surface area (Å²) in [5, 5.41) is 30.9. The molecule has 4 nitrogen and oxygen atoms in total. The Morgan fingerprint density at radius 1 is 0.870 bits per heavy atom. The molecule has 23 heavy (non-hydrogen) atoms. The molecular formula is C19H26O4. The fourth-order valence-electron chi connectivity index (χ4n) is 4.44. The maximum Gasteiger partial charge on any atom is 0.339 e. The average molecular weight is 318 g/mol. The van der Waals surface area contributed by atoms with Crippen LogP contribution in [0.4, 0.5) is 0 Å². The van der Waals surface area contributed by atoms with Crippen molar-refractivity contribution in [3.63, 3.8) is 0 Å². The normalized spacial score (nSPS) is 20.5. The van der Waals surface area contributed by atoms with E-state index in [0.717, 1.165) is 57.8 Å². The summed E-state index contributed by atoms with van der Waals surface area (Å²) in [4.78, 5) is 11.8. The third kappa shape index (κ3) is 3.17. The number of carboxylic acid groups (broad SMARTS) is 1. The molecule has 0 aromatic heterocycles. The van der Waals surface area contributed by atoms with E-state index in [1.165, 1.54) is 6.42 Å². The lowest BCUT2D eigenvalue weighted by atomic mass is 9.78. The van der Waals surface area contributed by atoms with Crippen LogP contribution < -0.4 is 0 Å². The number of hydrogen-bond acceptors (Lipinski definition) is 3. The van der Waals surface area contributed by atoms with Gasteiger partial charge in [0.05, 0.1) is 0 Å². The highest BCUT2D eigenvalue weighted by atomic mass is 16.4. The van der Waals surface area contributed by atoms with Crippen LogP contribution in [0.15, 0.2) is 6.07 Å². The molecule has 0 radical (unpaired) electrons. The van der Waals surface area contributed by atoms with Gasteiger partial charge in [-0.2, -0.15) is 0 Å². The SMILES string of the molecule is O=C(O)c1c(O)c(C2CCCCC2)cc(O)c1C1CCCCC1. The Kier molecular flexibility index (Phi) is 4.79. The monoisotopic (exact) mass is 318 g/mol. The number of carbonyl (C=O) groups is 1. The second-order valence-corrected chi connectivity index (χ2v) is 7.10. The minimum absolute atomic E-state index is 0.0427. The van der Waals surface area contributed by atoms with Crippen LogP contribution in [0.3, 0.4) is 0 Å². The van der Waals surface area contributed by atoms with E-state index in [-0.39, 0.29) is 28.9 Å². The second kappa shape index (κ2) is 6.81. The summed E-state index contributed by atoms with van der Waals surface area (Å²) in [5.41, 5.74) is 1.02. The summed E-state index contributed by atoms with van der Waals surface area (Å²) < 4.78 is 0. The summed E-state index contributed by atoms with van der Waals surface area (Å²) in [6.07, 6.45) is 10.3. The highest BCUT2D eigenvalue weighted by Crippen LogP contribution is 2.47. The Morgan fingerprint density at radius 2 is 1.39 bits per heavy atom. The predicted molar refractivity (Wildman–Crippen MR) is 88.4 cm³/mol. The van der Waals surface area contributed by atoms with Gasteiger partial charge in [-0.05, 0) is 43.6 Å². The van der Waals surface area contributed by atoms with Gasteiger partial charge in [-0.15, -0.1) is 0 Å². The topological polar surface area (TPSA) is 77.8 Å². The van der Waals surface area contributed by atoms with Crippen molar-refractivity contribution in [2.45, 2.75) is 76.0 Å². The van der Waals surface area contributed by atoms with E-state index in [9.17, 15) is 20.1 Å². The molecule has 1 aromatic carbocycles. The lowest BCUT2D eigenvalue weighted by Crippen LogP contribution is -2.14. The Hall–Kier alpha value is -1.71. The number of phenolic OH excluding ortho intramolecular Hbond substituents is 1. The first-order valence-electron chi connectivity index (χ1n) is 8.91. The number of phenols is 2. The van der Waals surface area contributed by atoms with E-state index in [1.807, 2.05) is 0 Å². The summed E-state index contributed by atoms with van der Waals surface area (Å²) in [6, 6.07) is 1.64. The van der Waals surface area contributed by atoms with Gasteiger partial charge in [-0.1, -0.05) is 38.5 Å². The summed E-state index contributed by atoms with van der Waals surface area (Å²) >= 11 is 0. The van der Waals surface area contributed by atoms with E-state index in [2.05, 4.69) is 0 Å². The van der Waals surface area contributed by atoms with Gasteiger partial charge in [0.15, 0.2) is 0 Å². The zero-order valence-corrected chi connectivity index (χ0v) is 13.6. The standard InChI is InChI=1S/C19H26O4/c20-15-11-14(12-7-3-1-4-8-12)18(21)17(19(22)23)16(15)13-9-5-2-6-10-13/h11-13,20-21H,1-10H2,(H,22,23). The van der Waals surface area contributed by atoms with Crippen LogP contribution in [-0.2, 0) is 0 Å². The summed E-state index contributed by atoms with van der Waals surface area (Å²) in [5.74, 6) is -0.971. The fraction of sp³-hybridized carbons (Fsp3) is 0.632. The molecule has 3 rings (SSSR count). The van der Waals surface area contributed by atoms with Crippen molar-refractivity contribution < 1.29 is 20.1 Å². The maximum atomic E-state index is 11.8. The van der Waals surface area contributed by atoms with Crippen LogP contribution in [0.1, 0.15) is 97.5 Å². The largest absolute Gasteiger partial charge is 0.508 e. The lowest BCUT2D eigenvalue weighted by molar-refractivity contribution is 0.0690. The van der Waals surface area contributed by atoms with Gasteiger partial charge < -0.3 is 15.3 Å². The Labute approximate surface area is 137 Å². The molecule has 2 aliphatic carbocycles. The molecule has 0 unspecified atom stereocenters. The summed E-state index contributed by atoms with van der Waals surface area (Å²) in [7, 11) is 0. The number of rotatable bonds is 3. The number of aromatic hydroxyl groups is 2. The molecule has 0 saturated heterocycles. The molecule has 1 aromatic rings. The van der Waals surface area contributed by atoms with Gasteiger partial charge in [0.1, 0.15) is 17.1 Å². The number of benzene rings is 1. The van der Waals surface area contributed by atoms with Crippen molar-refractivity contribution in [2.75, 3.05) is 0 Å². The molecule has 0 aliphatic heterocycles.